The molecule has 0 aliphatic carbocycles. The van der Waals surface area contributed by atoms with Crippen molar-refractivity contribution in [3.05, 3.63) is 66.4 Å². The van der Waals surface area contributed by atoms with Gasteiger partial charge >= 0.3 is 0 Å². The number of rotatable bonds is 2. The average Bonchev–Trinajstić information content (AvgIpc) is 2.29. The second kappa shape index (κ2) is 4.05. The topological polar surface area (TPSA) is 38.0 Å². The van der Waals surface area contributed by atoms with E-state index in [1.54, 1.807) is 0 Å². The molecule has 0 spiro atoms. The number of allylic oxidation sites excluding steroid dienone is 3. The zero-order valence-corrected chi connectivity index (χ0v) is 8.48. The molecule has 0 fully saturated rings. The van der Waals surface area contributed by atoms with Crippen LogP contribution in [0.5, 0.6) is 0 Å². The standard InChI is InChI=1S/C13H14N2/c1-2-10-6-7-15-13(8-10)11-4-3-5-12(14)9-11/h2-9,13,15H,1,14H2. The number of hydrogen-bond donors (Lipinski definition) is 2. The van der Waals surface area contributed by atoms with Crippen LogP contribution in [-0.2, 0) is 0 Å². The molecule has 15 heavy (non-hydrogen) atoms. The van der Waals surface area contributed by atoms with Crippen molar-refractivity contribution in [1.82, 2.24) is 5.32 Å². The molecule has 1 aromatic carbocycles. The third-order valence-corrected chi connectivity index (χ3v) is 2.42. The molecule has 1 atom stereocenters. The summed E-state index contributed by atoms with van der Waals surface area (Å²) in [5, 5.41) is 3.27. The highest BCUT2D eigenvalue weighted by atomic mass is 14.9. The number of anilines is 1. The molecule has 0 aromatic heterocycles. The molecule has 0 saturated heterocycles. The van der Waals surface area contributed by atoms with Gasteiger partial charge in [0.25, 0.3) is 0 Å². The molecular weight excluding hydrogens is 184 g/mol. The SMILES string of the molecule is C=CC1=CC(c2cccc(N)c2)NC=C1. The lowest BCUT2D eigenvalue weighted by Gasteiger charge is -2.18. The predicted octanol–water partition coefficient (Wildman–Crippen LogP) is 2.54. The van der Waals surface area contributed by atoms with Crippen molar-refractivity contribution in [1.29, 1.82) is 0 Å². The van der Waals surface area contributed by atoms with Crippen molar-refractivity contribution in [3.63, 3.8) is 0 Å². The lowest BCUT2D eigenvalue weighted by Crippen LogP contribution is -2.16. The summed E-state index contributed by atoms with van der Waals surface area (Å²) in [4.78, 5) is 0. The van der Waals surface area contributed by atoms with Crippen LogP contribution < -0.4 is 11.1 Å². The van der Waals surface area contributed by atoms with Gasteiger partial charge in [-0.1, -0.05) is 30.9 Å². The summed E-state index contributed by atoms with van der Waals surface area (Å²) in [5.74, 6) is 0. The van der Waals surface area contributed by atoms with Crippen molar-refractivity contribution < 1.29 is 0 Å². The Labute approximate surface area is 89.8 Å². The normalized spacial score (nSPS) is 19.2. The largest absolute Gasteiger partial charge is 0.399 e. The van der Waals surface area contributed by atoms with Crippen molar-refractivity contribution in [2.75, 3.05) is 5.73 Å². The van der Waals surface area contributed by atoms with E-state index in [4.69, 9.17) is 5.73 Å². The Morgan fingerprint density at radius 1 is 1.40 bits per heavy atom. The molecule has 0 bridgehead atoms. The molecule has 3 N–H and O–H groups in total. The van der Waals surface area contributed by atoms with E-state index < -0.39 is 0 Å². The van der Waals surface area contributed by atoms with Crippen molar-refractivity contribution in [2.45, 2.75) is 6.04 Å². The summed E-state index contributed by atoms with van der Waals surface area (Å²) in [7, 11) is 0. The Hall–Kier alpha value is -1.96. The lowest BCUT2D eigenvalue weighted by molar-refractivity contribution is 0.742. The van der Waals surface area contributed by atoms with Crippen LogP contribution in [0.25, 0.3) is 0 Å². The molecule has 1 unspecified atom stereocenters. The highest BCUT2D eigenvalue weighted by molar-refractivity contribution is 5.45. The smallest absolute Gasteiger partial charge is 0.0702 e. The van der Waals surface area contributed by atoms with E-state index in [2.05, 4.69) is 24.0 Å². The summed E-state index contributed by atoms with van der Waals surface area (Å²) in [6, 6.07) is 8.08. The van der Waals surface area contributed by atoms with Gasteiger partial charge in [0, 0.05) is 5.69 Å². The molecule has 76 valence electrons. The first kappa shape index (κ1) is 9.59. The van der Waals surface area contributed by atoms with Crippen LogP contribution in [0.1, 0.15) is 11.6 Å². The molecule has 2 rings (SSSR count). The first-order valence-electron chi connectivity index (χ1n) is 4.92. The Balaban J connectivity index is 2.29. The summed E-state index contributed by atoms with van der Waals surface area (Å²) in [6.07, 6.45) is 7.90. The summed E-state index contributed by atoms with van der Waals surface area (Å²) in [5.41, 5.74) is 8.83. The van der Waals surface area contributed by atoms with Crippen LogP contribution in [0.2, 0.25) is 0 Å². The van der Waals surface area contributed by atoms with E-state index in [1.807, 2.05) is 36.6 Å². The fourth-order valence-corrected chi connectivity index (χ4v) is 1.63. The van der Waals surface area contributed by atoms with Crippen molar-refractivity contribution in [3.8, 4) is 0 Å². The first-order chi connectivity index (χ1) is 7.29. The van der Waals surface area contributed by atoms with Gasteiger partial charge in [-0.15, -0.1) is 0 Å². The van der Waals surface area contributed by atoms with Crippen LogP contribution >= 0.6 is 0 Å². The Morgan fingerprint density at radius 2 is 2.27 bits per heavy atom. The minimum absolute atomic E-state index is 0.187. The van der Waals surface area contributed by atoms with Gasteiger partial charge in [-0.3, -0.25) is 0 Å². The van der Waals surface area contributed by atoms with E-state index in [0.29, 0.717) is 0 Å². The first-order valence-corrected chi connectivity index (χ1v) is 4.92. The Kier molecular flexibility index (Phi) is 2.59. The number of hydrogen-bond acceptors (Lipinski definition) is 2. The molecular formula is C13H14N2. The maximum atomic E-state index is 5.75. The van der Waals surface area contributed by atoms with E-state index in [1.165, 1.54) is 5.56 Å². The number of nitrogens with one attached hydrogen (secondary N) is 1. The molecule has 0 amide bonds. The van der Waals surface area contributed by atoms with Gasteiger partial charge in [0.2, 0.25) is 0 Å². The van der Waals surface area contributed by atoms with Crippen molar-refractivity contribution >= 4 is 5.69 Å². The van der Waals surface area contributed by atoms with Crippen LogP contribution in [-0.4, -0.2) is 0 Å². The quantitative estimate of drug-likeness (QED) is 0.717. The van der Waals surface area contributed by atoms with Gasteiger partial charge in [0.05, 0.1) is 6.04 Å². The zero-order valence-electron chi connectivity index (χ0n) is 8.48. The number of nitrogen functional groups attached to an aromatic ring is 1. The summed E-state index contributed by atoms with van der Waals surface area (Å²) in [6.45, 7) is 3.76. The fourth-order valence-electron chi connectivity index (χ4n) is 1.63. The van der Waals surface area contributed by atoms with Gasteiger partial charge in [0.15, 0.2) is 0 Å². The molecule has 1 aliphatic rings. The molecule has 2 heteroatoms. The third kappa shape index (κ3) is 2.10. The maximum absolute atomic E-state index is 5.75. The van der Waals surface area contributed by atoms with Crippen LogP contribution in [0.4, 0.5) is 5.69 Å². The van der Waals surface area contributed by atoms with Gasteiger partial charge in [-0.25, -0.2) is 0 Å². The highest BCUT2D eigenvalue weighted by Crippen LogP contribution is 2.21. The van der Waals surface area contributed by atoms with E-state index in [-0.39, 0.29) is 6.04 Å². The molecule has 0 saturated carbocycles. The Morgan fingerprint density at radius 3 is 3.00 bits per heavy atom. The van der Waals surface area contributed by atoms with Crippen molar-refractivity contribution in [2.24, 2.45) is 0 Å². The molecule has 1 heterocycles. The van der Waals surface area contributed by atoms with E-state index in [0.717, 1.165) is 11.3 Å². The van der Waals surface area contributed by atoms with Gasteiger partial charge in [-0.05, 0) is 35.5 Å². The summed E-state index contributed by atoms with van der Waals surface area (Å²) < 4.78 is 0. The molecule has 1 aromatic rings. The monoisotopic (exact) mass is 198 g/mol. The minimum Gasteiger partial charge on any atom is -0.399 e. The van der Waals surface area contributed by atoms with Crippen LogP contribution in [0.3, 0.4) is 0 Å². The molecule has 1 aliphatic heterocycles. The number of benzene rings is 1. The van der Waals surface area contributed by atoms with Gasteiger partial charge in [-0.2, -0.15) is 0 Å². The fraction of sp³-hybridized carbons (Fsp3) is 0.0769. The highest BCUT2D eigenvalue weighted by Gasteiger charge is 2.09. The predicted molar refractivity (Wildman–Crippen MR) is 64.2 cm³/mol. The lowest BCUT2D eigenvalue weighted by atomic mass is 10.0. The third-order valence-electron chi connectivity index (χ3n) is 2.42. The number of nitrogens with two attached hydrogens (primary N) is 1. The summed E-state index contributed by atoms with van der Waals surface area (Å²) >= 11 is 0. The second-order valence-corrected chi connectivity index (χ2v) is 3.52. The maximum Gasteiger partial charge on any atom is 0.0702 e. The molecule has 0 radical (unpaired) electrons. The second-order valence-electron chi connectivity index (χ2n) is 3.52. The minimum atomic E-state index is 0.187. The zero-order chi connectivity index (χ0) is 10.7. The Bertz CT molecular complexity index is 430. The van der Waals surface area contributed by atoms with E-state index in [9.17, 15) is 0 Å². The van der Waals surface area contributed by atoms with E-state index >= 15 is 0 Å². The van der Waals surface area contributed by atoms with Gasteiger partial charge in [0.1, 0.15) is 0 Å². The number of dihydropyridines is 1. The molecule has 2 nitrogen and oxygen atoms in total. The van der Waals surface area contributed by atoms with Gasteiger partial charge < -0.3 is 11.1 Å². The van der Waals surface area contributed by atoms with Crippen LogP contribution in [0, 0.1) is 0 Å². The average molecular weight is 198 g/mol. The van der Waals surface area contributed by atoms with Crippen LogP contribution in [0.15, 0.2) is 60.8 Å².